The van der Waals surface area contributed by atoms with Crippen LogP contribution in [0.1, 0.15) is 13.8 Å². The van der Waals surface area contributed by atoms with E-state index in [1.54, 1.807) is 29.4 Å². The molecule has 0 aliphatic rings. The zero-order chi connectivity index (χ0) is 15.5. The van der Waals surface area contributed by atoms with Crippen LogP contribution in [0.25, 0.3) is 11.4 Å². The standard InChI is InChI=1S/C13H19N5O2S/c1-10(2)17-13-15-8-11(9-16-13)12-14-4-5-18(12)6-7-21(3,19)20/h4-5,8-10H,6-7H2,1-3H3,(H,15,16,17). The van der Waals surface area contributed by atoms with Gasteiger partial charge in [-0.3, -0.25) is 0 Å². The number of aryl methyl sites for hydroxylation is 1. The Morgan fingerprint density at radius 1 is 1.24 bits per heavy atom. The molecule has 2 rings (SSSR count). The molecule has 0 radical (unpaired) electrons. The zero-order valence-corrected chi connectivity index (χ0v) is 13.1. The second kappa shape index (κ2) is 6.21. The topological polar surface area (TPSA) is 89.8 Å². The van der Waals surface area contributed by atoms with Gasteiger partial charge in [-0.15, -0.1) is 0 Å². The van der Waals surface area contributed by atoms with Gasteiger partial charge in [0.05, 0.1) is 11.3 Å². The normalized spacial score (nSPS) is 11.8. The Balaban J connectivity index is 2.17. The van der Waals surface area contributed by atoms with Gasteiger partial charge in [-0.05, 0) is 13.8 Å². The lowest BCUT2D eigenvalue weighted by Gasteiger charge is -2.09. The van der Waals surface area contributed by atoms with E-state index < -0.39 is 9.84 Å². The molecule has 0 unspecified atom stereocenters. The van der Waals surface area contributed by atoms with E-state index >= 15 is 0 Å². The van der Waals surface area contributed by atoms with Crippen molar-refractivity contribution in [1.29, 1.82) is 0 Å². The summed E-state index contributed by atoms with van der Waals surface area (Å²) in [7, 11) is -3.01. The van der Waals surface area contributed by atoms with Crippen LogP contribution in [0.15, 0.2) is 24.8 Å². The molecule has 2 aromatic rings. The van der Waals surface area contributed by atoms with Gasteiger partial charge in [0, 0.05) is 43.6 Å². The first-order valence-corrected chi connectivity index (χ1v) is 8.69. The van der Waals surface area contributed by atoms with Crippen molar-refractivity contribution in [3.05, 3.63) is 24.8 Å². The molecule has 1 N–H and O–H groups in total. The maximum Gasteiger partial charge on any atom is 0.222 e. The first-order chi connectivity index (χ1) is 9.85. The van der Waals surface area contributed by atoms with Crippen LogP contribution >= 0.6 is 0 Å². The van der Waals surface area contributed by atoms with Crippen LogP contribution in [0, 0.1) is 0 Å². The molecule has 7 nitrogen and oxygen atoms in total. The van der Waals surface area contributed by atoms with Gasteiger partial charge in [-0.25, -0.2) is 23.4 Å². The summed E-state index contributed by atoms with van der Waals surface area (Å²) < 4.78 is 24.3. The lowest BCUT2D eigenvalue weighted by Crippen LogP contribution is -2.13. The summed E-state index contributed by atoms with van der Waals surface area (Å²) in [6.07, 6.45) is 7.96. The Hall–Kier alpha value is -1.96. The number of nitrogens with one attached hydrogen (secondary N) is 1. The molecule has 0 atom stereocenters. The van der Waals surface area contributed by atoms with E-state index in [1.165, 1.54) is 6.26 Å². The fourth-order valence-electron chi connectivity index (χ4n) is 1.79. The number of nitrogens with zero attached hydrogens (tertiary/aromatic N) is 4. The summed E-state index contributed by atoms with van der Waals surface area (Å²) >= 11 is 0. The molecule has 0 aliphatic carbocycles. The zero-order valence-electron chi connectivity index (χ0n) is 12.3. The molecule has 0 amide bonds. The Morgan fingerprint density at radius 2 is 1.90 bits per heavy atom. The summed E-state index contributed by atoms with van der Waals surface area (Å²) in [5.74, 6) is 1.29. The van der Waals surface area contributed by atoms with Crippen molar-refractivity contribution >= 4 is 15.8 Å². The van der Waals surface area contributed by atoms with Gasteiger partial charge >= 0.3 is 0 Å². The van der Waals surface area contributed by atoms with Crippen LogP contribution in [0.3, 0.4) is 0 Å². The highest BCUT2D eigenvalue weighted by Gasteiger charge is 2.10. The SMILES string of the molecule is CC(C)Nc1ncc(-c2nccn2CCS(C)(=O)=O)cn1. The van der Waals surface area contributed by atoms with Crippen molar-refractivity contribution in [2.45, 2.75) is 26.4 Å². The number of aromatic nitrogens is 4. The molecule has 0 bridgehead atoms. The molecule has 0 saturated heterocycles. The summed E-state index contributed by atoms with van der Waals surface area (Å²) in [5, 5.41) is 3.11. The van der Waals surface area contributed by atoms with E-state index in [9.17, 15) is 8.42 Å². The minimum atomic E-state index is -3.01. The van der Waals surface area contributed by atoms with Crippen LogP contribution in [0.2, 0.25) is 0 Å². The highest BCUT2D eigenvalue weighted by molar-refractivity contribution is 7.90. The van der Waals surface area contributed by atoms with Crippen LogP contribution in [-0.4, -0.2) is 46.0 Å². The molecule has 114 valence electrons. The molecule has 0 saturated carbocycles. The van der Waals surface area contributed by atoms with Gasteiger partial charge in [-0.1, -0.05) is 0 Å². The third-order valence-electron chi connectivity index (χ3n) is 2.75. The van der Waals surface area contributed by atoms with E-state index in [0.717, 1.165) is 5.56 Å². The molecular weight excluding hydrogens is 290 g/mol. The maximum absolute atomic E-state index is 11.3. The first kappa shape index (κ1) is 15.4. The maximum atomic E-state index is 11.3. The predicted octanol–water partition coefficient (Wildman–Crippen LogP) is 1.20. The van der Waals surface area contributed by atoms with Crippen LogP contribution in [0.5, 0.6) is 0 Å². The second-order valence-corrected chi connectivity index (χ2v) is 7.43. The van der Waals surface area contributed by atoms with Gasteiger partial charge in [-0.2, -0.15) is 0 Å². The molecule has 8 heteroatoms. The Labute approximate surface area is 124 Å². The molecular formula is C13H19N5O2S. The van der Waals surface area contributed by atoms with Crippen LogP contribution in [0.4, 0.5) is 5.95 Å². The predicted molar refractivity (Wildman–Crippen MR) is 81.7 cm³/mol. The van der Waals surface area contributed by atoms with Gasteiger partial charge in [0.2, 0.25) is 5.95 Å². The number of imidazole rings is 1. The monoisotopic (exact) mass is 309 g/mol. The quantitative estimate of drug-likeness (QED) is 0.862. The third-order valence-corrected chi connectivity index (χ3v) is 3.67. The summed E-state index contributed by atoms with van der Waals surface area (Å²) in [5.41, 5.74) is 0.753. The van der Waals surface area contributed by atoms with Gasteiger partial charge in [0.25, 0.3) is 0 Å². The average molecular weight is 309 g/mol. The summed E-state index contributed by atoms with van der Waals surface area (Å²) in [6, 6.07) is 0.257. The Morgan fingerprint density at radius 3 is 2.48 bits per heavy atom. The van der Waals surface area contributed by atoms with Crippen molar-refractivity contribution in [3.63, 3.8) is 0 Å². The van der Waals surface area contributed by atoms with E-state index in [-0.39, 0.29) is 11.8 Å². The van der Waals surface area contributed by atoms with Gasteiger partial charge in [0.15, 0.2) is 0 Å². The van der Waals surface area contributed by atoms with Crippen molar-refractivity contribution in [3.8, 4) is 11.4 Å². The largest absolute Gasteiger partial charge is 0.352 e. The van der Waals surface area contributed by atoms with Crippen molar-refractivity contribution in [2.75, 3.05) is 17.3 Å². The lowest BCUT2D eigenvalue weighted by molar-refractivity contribution is 0.595. The summed E-state index contributed by atoms with van der Waals surface area (Å²) in [4.78, 5) is 12.7. The molecule has 0 aliphatic heterocycles. The number of anilines is 1. The van der Waals surface area contributed by atoms with Gasteiger partial charge in [0.1, 0.15) is 15.7 Å². The number of hydrogen-bond donors (Lipinski definition) is 1. The molecule has 2 aromatic heterocycles. The van der Waals surface area contributed by atoms with Crippen molar-refractivity contribution in [1.82, 2.24) is 19.5 Å². The van der Waals surface area contributed by atoms with E-state index in [2.05, 4.69) is 20.3 Å². The molecule has 0 spiro atoms. The van der Waals surface area contributed by atoms with Crippen LogP contribution in [-0.2, 0) is 16.4 Å². The lowest BCUT2D eigenvalue weighted by atomic mass is 10.3. The fraction of sp³-hybridized carbons (Fsp3) is 0.462. The Bertz CT molecular complexity index is 692. The van der Waals surface area contributed by atoms with E-state index in [0.29, 0.717) is 18.3 Å². The van der Waals surface area contributed by atoms with E-state index in [1.807, 2.05) is 13.8 Å². The highest BCUT2D eigenvalue weighted by atomic mass is 32.2. The smallest absolute Gasteiger partial charge is 0.222 e. The number of rotatable bonds is 6. The highest BCUT2D eigenvalue weighted by Crippen LogP contribution is 2.16. The second-order valence-electron chi connectivity index (χ2n) is 5.17. The third kappa shape index (κ3) is 4.52. The van der Waals surface area contributed by atoms with Gasteiger partial charge < -0.3 is 9.88 Å². The molecule has 0 fully saturated rings. The Kier molecular flexibility index (Phi) is 4.56. The van der Waals surface area contributed by atoms with Crippen molar-refractivity contribution < 1.29 is 8.42 Å². The average Bonchev–Trinajstić information content (AvgIpc) is 2.84. The minimum Gasteiger partial charge on any atom is -0.352 e. The fourth-order valence-corrected chi connectivity index (χ4v) is 2.32. The number of hydrogen-bond acceptors (Lipinski definition) is 6. The van der Waals surface area contributed by atoms with Crippen molar-refractivity contribution in [2.24, 2.45) is 0 Å². The van der Waals surface area contributed by atoms with E-state index in [4.69, 9.17) is 0 Å². The minimum absolute atomic E-state index is 0.0736. The van der Waals surface area contributed by atoms with Crippen LogP contribution < -0.4 is 5.32 Å². The molecule has 21 heavy (non-hydrogen) atoms. The first-order valence-electron chi connectivity index (χ1n) is 6.63. The summed E-state index contributed by atoms with van der Waals surface area (Å²) in [6.45, 7) is 4.38. The molecule has 2 heterocycles. The number of sulfone groups is 1. The molecule has 0 aromatic carbocycles.